The van der Waals surface area contributed by atoms with Crippen LogP contribution in [0.4, 0.5) is 4.39 Å². The van der Waals surface area contributed by atoms with E-state index in [1.807, 2.05) is 0 Å². The molecule has 1 aromatic carbocycles. The fraction of sp³-hybridized carbons (Fsp3) is 0.235. The van der Waals surface area contributed by atoms with Gasteiger partial charge in [-0.1, -0.05) is 35.5 Å². The number of carbonyl (C=O) groups is 2. The van der Waals surface area contributed by atoms with E-state index in [2.05, 4.69) is 10.3 Å². The molecule has 0 aliphatic heterocycles. The average Bonchev–Trinajstić information content (AvgIpc) is 2.55. The first-order valence-electron chi connectivity index (χ1n) is 7.26. The van der Waals surface area contributed by atoms with Crippen LogP contribution in [0.2, 0.25) is 5.02 Å². The van der Waals surface area contributed by atoms with Crippen molar-refractivity contribution in [1.82, 2.24) is 10.3 Å². The summed E-state index contributed by atoms with van der Waals surface area (Å²) in [4.78, 5) is 27.1. The van der Waals surface area contributed by atoms with Crippen molar-refractivity contribution in [3.05, 3.63) is 58.5 Å². The maximum absolute atomic E-state index is 14.1. The number of aromatic nitrogens is 1. The first-order chi connectivity index (χ1) is 11.5. The Labute approximate surface area is 148 Å². The van der Waals surface area contributed by atoms with E-state index in [0.29, 0.717) is 34.1 Å². The summed E-state index contributed by atoms with van der Waals surface area (Å²) < 4.78 is 14.1. The molecular formula is C17H16ClFN2O2S. The SMILES string of the molecule is CC(=O)NCCc1ccc(C(=O)CSc2ncccc2Cl)cc1F. The molecule has 1 N–H and O–H groups in total. The monoisotopic (exact) mass is 366 g/mol. The third kappa shape index (κ3) is 5.32. The van der Waals surface area contributed by atoms with Gasteiger partial charge in [0.15, 0.2) is 5.78 Å². The van der Waals surface area contributed by atoms with Gasteiger partial charge in [-0.15, -0.1) is 0 Å². The maximum Gasteiger partial charge on any atom is 0.216 e. The van der Waals surface area contributed by atoms with E-state index < -0.39 is 5.82 Å². The highest BCUT2D eigenvalue weighted by Gasteiger charge is 2.12. The van der Waals surface area contributed by atoms with E-state index in [9.17, 15) is 14.0 Å². The Morgan fingerprint density at radius 1 is 1.33 bits per heavy atom. The molecule has 0 atom stereocenters. The number of benzene rings is 1. The number of amides is 1. The van der Waals surface area contributed by atoms with Crippen molar-refractivity contribution in [3.8, 4) is 0 Å². The van der Waals surface area contributed by atoms with Crippen molar-refractivity contribution in [1.29, 1.82) is 0 Å². The van der Waals surface area contributed by atoms with Crippen molar-refractivity contribution in [3.63, 3.8) is 0 Å². The lowest BCUT2D eigenvalue weighted by atomic mass is 10.1. The Morgan fingerprint density at radius 3 is 2.79 bits per heavy atom. The van der Waals surface area contributed by atoms with Crippen LogP contribution in [0.5, 0.6) is 0 Å². The van der Waals surface area contributed by atoms with Crippen molar-refractivity contribution in [2.45, 2.75) is 18.4 Å². The molecule has 1 heterocycles. The van der Waals surface area contributed by atoms with Crippen molar-refractivity contribution < 1.29 is 14.0 Å². The molecule has 0 fully saturated rings. The third-order valence-electron chi connectivity index (χ3n) is 3.21. The number of pyridine rings is 1. The van der Waals surface area contributed by atoms with Gasteiger partial charge >= 0.3 is 0 Å². The second kappa shape index (κ2) is 8.80. The number of thioether (sulfide) groups is 1. The molecule has 0 saturated heterocycles. The molecule has 0 radical (unpaired) electrons. The van der Waals surface area contributed by atoms with E-state index >= 15 is 0 Å². The van der Waals surface area contributed by atoms with Crippen LogP contribution in [0.3, 0.4) is 0 Å². The van der Waals surface area contributed by atoms with Crippen LogP contribution >= 0.6 is 23.4 Å². The highest BCUT2D eigenvalue weighted by Crippen LogP contribution is 2.25. The molecule has 0 aliphatic carbocycles. The van der Waals surface area contributed by atoms with Gasteiger partial charge in [-0.05, 0) is 30.2 Å². The molecule has 0 aliphatic rings. The zero-order valence-corrected chi connectivity index (χ0v) is 14.6. The fourth-order valence-corrected chi connectivity index (χ4v) is 3.05. The van der Waals surface area contributed by atoms with Gasteiger partial charge in [0.25, 0.3) is 0 Å². The standard InChI is InChI=1S/C17H16ClFN2O2S/c1-11(22)20-8-6-12-4-5-13(9-15(12)19)16(23)10-24-17-14(18)3-2-7-21-17/h2-5,7,9H,6,8,10H2,1H3,(H,20,22). The number of hydrogen-bond acceptors (Lipinski definition) is 4. The summed E-state index contributed by atoms with van der Waals surface area (Å²) in [5, 5.41) is 3.66. The Bertz CT molecular complexity index is 755. The van der Waals surface area contributed by atoms with E-state index in [1.54, 1.807) is 30.5 Å². The summed E-state index contributed by atoms with van der Waals surface area (Å²) in [5.41, 5.74) is 0.760. The topological polar surface area (TPSA) is 59.1 Å². The van der Waals surface area contributed by atoms with Crippen molar-refractivity contribution in [2.24, 2.45) is 0 Å². The summed E-state index contributed by atoms with van der Waals surface area (Å²) >= 11 is 7.20. The molecule has 1 amide bonds. The molecular weight excluding hydrogens is 351 g/mol. The van der Waals surface area contributed by atoms with Crippen LogP contribution in [0.1, 0.15) is 22.8 Å². The van der Waals surface area contributed by atoms with Crippen LogP contribution in [0.25, 0.3) is 0 Å². The largest absolute Gasteiger partial charge is 0.356 e. The fourth-order valence-electron chi connectivity index (χ4n) is 1.99. The second-order valence-electron chi connectivity index (χ2n) is 5.04. The minimum Gasteiger partial charge on any atom is -0.356 e. The van der Waals surface area contributed by atoms with E-state index in [-0.39, 0.29) is 17.4 Å². The van der Waals surface area contributed by atoms with Crippen LogP contribution < -0.4 is 5.32 Å². The van der Waals surface area contributed by atoms with Gasteiger partial charge in [0.1, 0.15) is 10.8 Å². The Hall–Kier alpha value is -1.92. The average molecular weight is 367 g/mol. The molecule has 2 rings (SSSR count). The normalized spacial score (nSPS) is 10.5. The minimum atomic E-state index is -0.452. The molecule has 2 aromatic rings. The van der Waals surface area contributed by atoms with Gasteiger partial charge in [-0.25, -0.2) is 9.37 Å². The number of Topliss-reactive ketones (excluding diaryl/α,β-unsaturated/α-hetero) is 1. The number of carbonyl (C=O) groups excluding carboxylic acids is 2. The summed E-state index contributed by atoms with van der Waals surface area (Å²) in [5.74, 6) is -0.685. The number of nitrogens with zero attached hydrogens (tertiary/aromatic N) is 1. The van der Waals surface area contributed by atoms with Crippen molar-refractivity contribution >= 4 is 35.1 Å². The lowest BCUT2D eigenvalue weighted by Gasteiger charge is -2.07. The van der Waals surface area contributed by atoms with Gasteiger partial charge in [0.2, 0.25) is 5.91 Å². The number of halogens is 2. The molecule has 0 saturated carbocycles. The number of nitrogens with one attached hydrogen (secondary N) is 1. The van der Waals surface area contributed by atoms with E-state index in [4.69, 9.17) is 11.6 Å². The molecule has 24 heavy (non-hydrogen) atoms. The van der Waals surface area contributed by atoms with Gasteiger partial charge in [-0.2, -0.15) is 0 Å². The van der Waals surface area contributed by atoms with Crippen LogP contribution in [0, 0.1) is 5.82 Å². The molecule has 0 bridgehead atoms. The number of ketones is 1. The Balaban J connectivity index is 1.96. The molecule has 0 unspecified atom stereocenters. The summed E-state index contributed by atoms with van der Waals surface area (Å²) in [6.45, 7) is 1.76. The smallest absolute Gasteiger partial charge is 0.216 e. The minimum absolute atomic E-state index is 0.126. The quantitative estimate of drug-likeness (QED) is 0.601. The third-order valence-corrected chi connectivity index (χ3v) is 4.63. The number of hydrogen-bond donors (Lipinski definition) is 1. The summed E-state index contributed by atoms with van der Waals surface area (Å²) in [7, 11) is 0. The maximum atomic E-state index is 14.1. The molecule has 126 valence electrons. The van der Waals surface area contributed by atoms with Gasteiger partial charge in [0, 0.05) is 25.2 Å². The van der Waals surface area contributed by atoms with E-state index in [1.165, 1.54) is 24.8 Å². The lowest BCUT2D eigenvalue weighted by Crippen LogP contribution is -2.22. The zero-order valence-electron chi connectivity index (χ0n) is 13.0. The number of rotatable bonds is 7. The van der Waals surface area contributed by atoms with E-state index in [0.717, 1.165) is 0 Å². The molecule has 7 heteroatoms. The molecule has 4 nitrogen and oxygen atoms in total. The Kier molecular flexibility index (Phi) is 6.75. The first-order valence-corrected chi connectivity index (χ1v) is 8.63. The summed E-state index contributed by atoms with van der Waals surface area (Å²) in [6.07, 6.45) is 1.97. The highest BCUT2D eigenvalue weighted by molar-refractivity contribution is 8.00. The predicted octanol–water partition coefficient (Wildman–Crippen LogP) is 3.53. The molecule has 0 spiro atoms. The highest BCUT2D eigenvalue weighted by atomic mass is 35.5. The second-order valence-corrected chi connectivity index (χ2v) is 6.41. The molecule has 1 aromatic heterocycles. The van der Waals surface area contributed by atoms with Crippen LogP contribution in [0.15, 0.2) is 41.6 Å². The van der Waals surface area contributed by atoms with Gasteiger partial charge in [-0.3, -0.25) is 9.59 Å². The van der Waals surface area contributed by atoms with Crippen molar-refractivity contribution in [2.75, 3.05) is 12.3 Å². The van der Waals surface area contributed by atoms with Crippen LogP contribution in [-0.4, -0.2) is 29.0 Å². The summed E-state index contributed by atoms with van der Waals surface area (Å²) in [6, 6.07) is 7.80. The first kappa shape index (κ1) is 18.4. The van der Waals surface area contributed by atoms with Crippen LogP contribution in [-0.2, 0) is 11.2 Å². The van der Waals surface area contributed by atoms with Gasteiger partial charge < -0.3 is 5.32 Å². The predicted molar refractivity (Wildman–Crippen MR) is 93.1 cm³/mol. The Morgan fingerprint density at radius 2 is 2.12 bits per heavy atom. The lowest BCUT2D eigenvalue weighted by molar-refractivity contribution is -0.118. The van der Waals surface area contributed by atoms with Gasteiger partial charge in [0.05, 0.1) is 10.8 Å². The zero-order chi connectivity index (χ0) is 17.5.